The average Bonchev–Trinajstić information content (AvgIpc) is 3.12. The molecule has 2 atom stereocenters. The minimum atomic E-state index is -3.71. The largest absolute Gasteiger partial charge is 0.373 e. The molecule has 0 aliphatic carbocycles. The van der Waals surface area contributed by atoms with Crippen LogP contribution in [-0.2, 0) is 21.3 Å². The van der Waals surface area contributed by atoms with E-state index < -0.39 is 10.0 Å². The Balaban J connectivity index is 1.78. The molecule has 0 radical (unpaired) electrons. The molecule has 1 aliphatic rings. The number of rotatable bonds is 7. The van der Waals surface area contributed by atoms with Crippen LogP contribution in [0.4, 0.5) is 5.82 Å². The first-order valence-electron chi connectivity index (χ1n) is 9.90. The number of hydrogen-bond donors (Lipinski definition) is 1. The van der Waals surface area contributed by atoms with Crippen LogP contribution in [-0.4, -0.2) is 53.7 Å². The second-order valence-electron chi connectivity index (χ2n) is 7.35. The number of ether oxygens (including phenoxy) is 1. The van der Waals surface area contributed by atoms with Crippen molar-refractivity contribution in [2.75, 3.05) is 18.4 Å². The minimum Gasteiger partial charge on any atom is -0.373 e. The fourth-order valence-electron chi connectivity index (χ4n) is 3.39. The minimum absolute atomic E-state index is 0.103. The van der Waals surface area contributed by atoms with Crippen molar-refractivity contribution in [2.24, 2.45) is 0 Å². The third-order valence-electron chi connectivity index (χ3n) is 4.80. The molecule has 3 rings (SSSR count). The first-order chi connectivity index (χ1) is 13.8. The number of morpholine rings is 1. The number of nitrogens with zero attached hydrogens (tertiary/aromatic N) is 3. The number of sulfonamides is 1. The van der Waals surface area contributed by atoms with Crippen molar-refractivity contribution in [2.45, 2.75) is 57.3 Å². The highest BCUT2D eigenvalue weighted by molar-refractivity contribution is 7.89. The number of nitrogens with one attached hydrogen (secondary N) is 1. The number of hydrogen-bond acceptors (Lipinski definition) is 5. The molecule has 1 amide bonds. The monoisotopic (exact) mass is 420 g/mol. The number of amides is 1. The summed E-state index contributed by atoms with van der Waals surface area (Å²) in [5, 5.41) is 7.04. The number of unbranched alkanes of at least 4 members (excludes halogenated alkanes) is 1. The zero-order valence-electron chi connectivity index (χ0n) is 17.0. The molecule has 1 saturated heterocycles. The lowest BCUT2D eigenvalue weighted by Crippen LogP contribution is -2.48. The molecule has 158 valence electrons. The zero-order chi connectivity index (χ0) is 21.0. The summed E-state index contributed by atoms with van der Waals surface area (Å²) in [6.45, 7) is 7.08. The standard InChI is InChI=1S/C20H28N4O4S/c1-4-5-11-24-19(9-10-21-24)22-20(25)17-7-6-8-18(12-17)29(26,27)23-13-15(2)28-16(3)14-23/h6-10,12,15-16H,4-5,11,13-14H2,1-3H3,(H,22,25). The lowest BCUT2D eigenvalue weighted by atomic mass is 10.2. The molecule has 1 aromatic heterocycles. The molecule has 29 heavy (non-hydrogen) atoms. The third kappa shape index (κ3) is 5.04. The Morgan fingerprint density at radius 2 is 1.97 bits per heavy atom. The van der Waals surface area contributed by atoms with Gasteiger partial charge >= 0.3 is 0 Å². The lowest BCUT2D eigenvalue weighted by molar-refractivity contribution is -0.0440. The van der Waals surface area contributed by atoms with Crippen LogP contribution in [0, 0.1) is 0 Å². The first kappa shape index (κ1) is 21.5. The van der Waals surface area contributed by atoms with Crippen molar-refractivity contribution in [3.05, 3.63) is 42.1 Å². The van der Waals surface area contributed by atoms with Crippen molar-refractivity contribution < 1.29 is 17.9 Å². The summed E-state index contributed by atoms with van der Waals surface area (Å²) in [5.74, 6) is 0.219. The summed E-state index contributed by atoms with van der Waals surface area (Å²) in [6.07, 6.45) is 3.25. The molecule has 0 spiro atoms. The molecule has 9 heteroatoms. The Morgan fingerprint density at radius 1 is 1.24 bits per heavy atom. The summed E-state index contributed by atoms with van der Waals surface area (Å²) in [7, 11) is -3.71. The third-order valence-corrected chi connectivity index (χ3v) is 6.63. The molecule has 1 aromatic carbocycles. The number of benzene rings is 1. The number of aromatic nitrogens is 2. The van der Waals surface area contributed by atoms with Gasteiger partial charge in [-0.05, 0) is 38.5 Å². The van der Waals surface area contributed by atoms with Gasteiger partial charge in [0.05, 0.1) is 23.3 Å². The van der Waals surface area contributed by atoms with Gasteiger partial charge in [0.25, 0.3) is 5.91 Å². The summed E-state index contributed by atoms with van der Waals surface area (Å²) in [6, 6.07) is 7.85. The summed E-state index contributed by atoms with van der Waals surface area (Å²) < 4.78 is 34.9. The van der Waals surface area contributed by atoms with Crippen LogP contribution in [0.2, 0.25) is 0 Å². The molecular formula is C20H28N4O4S. The van der Waals surface area contributed by atoms with E-state index in [0.29, 0.717) is 25.5 Å². The molecular weight excluding hydrogens is 392 g/mol. The van der Waals surface area contributed by atoms with Crippen molar-refractivity contribution in [3.63, 3.8) is 0 Å². The van der Waals surface area contributed by atoms with Gasteiger partial charge in [0.15, 0.2) is 0 Å². The highest BCUT2D eigenvalue weighted by Crippen LogP contribution is 2.22. The smallest absolute Gasteiger partial charge is 0.256 e. The molecule has 2 unspecified atom stereocenters. The second kappa shape index (κ2) is 9.06. The Labute approximate surface area is 171 Å². The van der Waals surface area contributed by atoms with Crippen molar-refractivity contribution >= 4 is 21.7 Å². The van der Waals surface area contributed by atoms with Crippen molar-refractivity contribution in [1.82, 2.24) is 14.1 Å². The number of aryl methyl sites for hydroxylation is 1. The highest BCUT2D eigenvalue weighted by atomic mass is 32.2. The van der Waals surface area contributed by atoms with Gasteiger partial charge in [0, 0.05) is 31.3 Å². The highest BCUT2D eigenvalue weighted by Gasteiger charge is 2.32. The van der Waals surface area contributed by atoms with Gasteiger partial charge in [0.1, 0.15) is 5.82 Å². The van der Waals surface area contributed by atoms with Crippen LogP contribution in [0.5, 0.6) is 0 Å². The van der Waals surface area contributed by atoms with Gasteiger partial charge in [-0.3, -0.25) is 4.79 Å². The first-order valence-corrected chi connectivity index (χ1v) is 11.3. The van der Waals surface area contributed by atoms with Crippen LogP contribution in [0.1, 0.15) is 44.0 Å². The molecule has 1 N–H and O–H groups in total. The van der Waals surface area contributed by atoms with E-state index in [-0.39, 0.29) is 28.6 Å². The van der Waals surface area contributed by atoms with Gasteiger partial charge in [0.2, 0.25) is 10.0 Å². The van der Waals surface area contributed by atoms with E-state index in [1.165, 1.54) is 16.4 Å². The van der Waals surface area contributed by atoms with Gasteiger partial charge in [-0.1, -0.05) is 19.4 Å². The van der Waals surface area contributed by atoms with Gasteiger partial charge in [-0.2, -0.15) is 9.40 Å². The predicted molar refractivity (Wildman–Crippen MR) is 110 cm³/mol. The van der Waals surface area contributed by atoms with Crippen LogP contribution in [0.25, 0.3) is 0 Å². The van der Waals surface area contributed by atoms with E-state index in [0.717, 1.165) is 12.8 Å². The number of carbonyl (C=O) groups excluding carboxylic acids is 1. The fourth-order valence-corrected chi connectivity index (χ4v) is 5.02. The van der Waals surface area contributed by atoms with Crippen LogP contribution < -0.4 is 5.32 Å². The maximum Gasteiger partial charge on any atom is 0.256 e. The van der Waals surface area contributed by atoms with Crippen molar-refractivity contribution in [1.29, 1.82) is 0 Å². The van der Waals surface area contributed by atoms with Crippen molar-refractivity contribution in [3.8, 4) is 0 Å². The van der Waals surface area contributed by atoms with Gasteiger partial charge in [-0.15, -0.1) is 0 Å². The molecule has 1 aliphatic heterocycles. The van der Waals surface area contributed by atoms with Gasteiger partial charge in [-0.25, -0.2) is 13.1 Å². The van der Waals surface area contributed by atoms with E-state index in [4.69, 9.17) is 4.74 Å². The lowest BCUT2D eigenvalue weighted by Gasteiger charge is -2.34. The molecule has 1 fully saturated rings. The Kier molecular flexibility index (Phi) is 6.71. The summed E-state index contributed by atoms with van der Waals surface area (Å²) in [5.41, 5.74) is 0.281. The second-order valence-corrected chi connectivity index (χ2v) is 9.29. The van der Waals surface area contributed by atoms with Crippen LogP contribution in [0.3, 0.4) is 0 Å². The topological polar surface area (TPSA) is 93.5 Å². The van der Waals surface area contributed by atoms with E-state index in [2.05, 4.69) is 17.3 Å². The van der Waals surface area contributed by atoms with Gasteiger partial charge < -0.3 is 10.1 Å². The molecule has 2 aromatic rings. The number of anilines is 1. The maximum absolute atomic E-state index is 13.1. The van der Waals surface area contributed by atoms with Crippen LogP contribution >= 0.6 is 0 Å². The summed E-state index contributed by atoms with van der Waals surface area (Å²) >= 11 is 0. The van der Waals surface area contributed by atoms with E-state index in [1.807, 2.05) is 13.8 Å². The molecule has 0 saturated carbocycles. The average molecular weight is 421 g/mol. The fraction of sp³-hybridized carbons (Fsp3) is 0.500. The quantitative estimate of drug-likeness (QED) is 0.743. The Hall–Kier alpha value is -2.23. The maximum atomic E-state index is 13.1. The molecule has 8 nitrogen and oxygen atoms in total. The normalized spacial score (nSPS) is 20.5. The van der Waals surface area contributed by atoms with Crippen LogP contribution in [0.15, 0.2) is 41.4 Å². The Bertz CT molecular complexity index is 947. The Morgan fingerprint density at radius 3 is 2.66 bits per heavy atom. The predicted octanol–water partition coefficient (Wildman–Crippen LogP) is 2.73. The van der Waals surface area contributed by atoms with E-state index in [1.54, 1.807) is 29.1 Å². The summed E-state index contributed by atoms with van der Waals surface area (Å²) in [4.78, 5) is 12.8. The van der Waals surface area contributed by atoms with E-state index >= 15 is 0 Å². The van der Waals surface area contributed by atoms with E-state index in [9.17, 15) is 13.2 Å². The zero-order valence-corrected chi connectivity index (χ0v) is 17.9. The molecule has 0 bridgehead atoms. The SMILES string of the molecule is CCCCn1nccc1NC(=O)c1cccc(S(=O)(=O)N2CC(C)OC(C)C2)c1. The number of carbonyl (C=O) groups is 1. The molecule has 2 heterocycles.